The predicted octanol–water partition coefficient (Wildman–Crippen LogP) is 5.14. The lowest BCUT2D eigenvalue weighted by molar-refractivity contribution is -0.131. The number of carbonyl (C=O) groups is 1. The van der Waals surface area contributed by atoms with E-state index in [1.54, 1.807) is 71.0 Å². The highest BCUT2D eigenvalue weighted by Gasteiger charge is 2.31. The second-order valence-electron chi connectivity index (χ2n) is 9.75. The van der Waals surface area contributed by atoms with Gasteiger partial charge in [0.15, 0.2) is 14.6 Å². The maximum Gasteiger partial charge on any atom is 0.223 e. The van der Waals surface area contributed by atoms with Crippen molar-refractivity contribution in [2.75, 3.05) is 25.9 Å². The Kier molecular flexibility index (Phi) is 8.30. The van der Waals surface area contributed by atoms with Gasteiger partial charge in [0.1, 0.15) is 6.10 Å². The second-order valence-corrected chi connectivity index (χ2v) is 14.1. The highest BCUT2D eigenvalue weighted by molar-refractivity contribution is 7.91. The Balaban J connectivity index is 1.24. The summed E-state index contributed by atoms with van der Waals surface area (Å²) < 4.78 is 28.0. The van der Waals surface area contributed by atoms with Gasteiger partial charge in [0, 0.05) is 43.5 Å². The third-order valence-corrected chi connectivity index (χ3v) is 11.4. The predicted molar refractivity (Wildman–Crippen MR) is 157 cm³/mol. The molecule has 0 bridgehead atoms. The minimum Gasteiger partial charge on any atom is -0.382 e. The van der Waals surface area contributed by atoms with Crippen LogP contribution in [0.5, 0.6) is 0 Å². The summed E-state index contributed by atoms with van der Waals surface area (Å²) in [5.74, 6) is -0.188. The topological polar surface area (TPSA) is 92.0 Å². The van der Waals surface area contributed by atoms with E-state index < -0.39 is 15.9 Å². The van der Waals surface area contributed by atoms with Gasteiger partial charge in [-0.1, -0.05) is 23.7 Å². The summed E-state index contributed by atoms with van der Waals surface area (Å²) in [6, 6.07) is 12.2. The maximum absolute atomic E-state index is 13.0. The Morgan fingerprint density at radius 3 is 2.56 bits per heavy atom. The third kappa shape index (κ3) is 5.85. The molecule has 1 N–H and O–H groups in total. The number of aliphatic hydroxyl groups is 1. The molecule has 0 radical (unpaired) electrons. The monoisotopic (exact) mass is 603 g/mol. The van der Waals surface area contributed by atoms with Gasteiger partial charge in [-0.25, -0.2) is 8.42 Å². The normalized spacial score (nSPS) is 16.2. The van der Waals surface area contributed by atoms with Gasteiger partial charge < -0.3 is 14.6 Å². The van der Waals surface area contributed by atoms with Crippen LogP contribution in [-0.2, 0) is 21.7 Å². The van der Waals surface area contributed by atoms with E-state index in [0.29, 0.717) is 18.1 Å². The van der Waals surface area contributed by atoms with Crippen LogP contribution in [0.15, 0.2) is 63.1 Å². The molecule has 7 nitrogen and oxygen atoms in total. The van der Waals surface area contributed by atoms with Gasteiger partial charge in [-0.2, -0.15) is 11.3 Å². The smallest absolute Gasteiger partial charge is 0.223 e. The summed E-state index contributed by atoms with van der Waals surface area (Å²) in [6.07, 6.45) is 0.706. The Labute approximate surface area is 240 Å². The number of piperidine rings is 1. The molecule has 2 aromatic carbocycles. The fraction of sp³-hybridized carbons (Fsp3) is 0.357. The summed E-state index contributed by atoms with van der Waals surface area (Å²) in [6.45, 7) is 1.10. The molecule has 1 amide bonds. The highest BCUT2D eigenvalue weighted by Crippen LogP contribution is 2.37. The molecule has 206 valence electrons. The molecule has 0 saturated carbocycles. The number of sulfone groups is 1. The average molecular weight is 604 g/mol. The Bertz CT molecular complexity index is 1670. The number of aromatic nitrogens is 1. The number of amides is 1. The first kappa shape index (κ1) is 28.0. The van der Waals surface area contributed by atoms with Crippen molar-refractivity contribution in [3.63, 3.8) is 0 Å². The van der Waals surface area contributed by atoms with E-state index in [1.165, 1.54) is 0 Å². The van der Waals surface area contributed by atoms with Crippen molar-refractivity contribution in [3.8, 4) is 0 Å². The van der Waals surface area contributed by atoms with E-state index in [-0.39, 0.29) is 28.9 Å². The molecular weight excluding hydrogens is 574 g/mol. The van der Waals surface area contributed by atoms with Crippen LogP contribution in [0.3, 0.4) is 0 Å². The zero-order valence-corrected chi connectivity index (χ0v) is 24.9. The summed E-state index contributed by atoms with van der Waals surface area (Å²) in [7, 11) is 0.0669. The van der Waals surface area contributed by atoms with E-state index >= 15 is 0 Å². The summed E-state index contributed by atoms with van der Waals surface area (Å²) in [5, 5.41) is 17.3. The van der Waals surface area contributed by atoms with Crippen molar-refractivity contribution in [1.29, 1.82) is 0 Å². The van der Waals surface area contributed by atoms with Gasteiger partial charge in [0.25, 0.3) is 0 Å². The van der Waals surface area contributed by atoms with E-state index in [4.69, 9.17) is 11.6 Å². The molecule has 3 heterocycles. The van der Waals surface area contributed by atoms with E-state index in [2.05, 4.69) is 4.99 Å². The summed E-state index contributed by atoms with van der Waals surface area (Å²) in [4.78, 5) is 21.3. The molecule has 0 aliphatic carbocycles. The Morgan fingerprint density at radius 2 is 1.87 bits per heavy atom. The van der Waals surface area contributed by atoms with Crippen molar-refractivity contribution in [1.82, 2.24) is 9.47 Å². The quantitative estimate of drug-likeness (QED) is 0.317. The molecule has 5 rings (SSSR count). The molecule has 2 aromatic heterocycles. The fourth-order valence-corrected chi connectivity index (χ4v) is 8.56. The van der Waals surface area contributed by atoms with Crippen molar-refractivity contribution in [3.05, 3.63) is 79.2 Å². The largest absolute Gasteiger partial charge is 0.382 e. The second kappa shape index (κ2) is 11.5. The Hall–Kier alpha value is -2.50. The van der Waals surface area contributed by atoms with Crippen LogP contribution in [0.4, 0.5) is 0 Å². The number of thiophene rings is 1. The van der Waals surface area contributed by atoms with Crippen LogP contribution < -0.4 is 4.80 Å². The lowest BCUT2D eigenvalue weighted by Gasteiger charge is -2.32. The number of aliphatic hydroxyl groups excluding tert-OH is 1. The number of halogens is 1. The molecule has 1 aliphatic heterocycles. The number of carbonyl (C=O) groups excluding carboxylic acids is 1. The first-order chi connectivity index (χ1) is 18.7. The fourth-order valence-electron chi connectivity index (χ4n) is 5.16. The Morgan fingerprint density at radius 1 is 1.15 bits per heavy atom. The number of hydrogen-bond donors (Lipinski definition) is 1. The highest BCUT2D eigenvalue weighted by atomic mass is 35.5. The van der Waals surface area contributed by atoms with Gasteiger partial charge in [0.05, 0.1) is 16.3 Å². The van der Waals surface area contributed by atoms with E-state index in [0.717, 1.165) is 44.6 Å². The molecule has 11 heteroatoms. The van der Waals surface area contributed by atoms with Crippen LogP contribution in [0.25, 0.3) is 10.8 Å². The number of fused-ring (bicyclic) bond motifs is 1. The summed E-state index contributed by atoms with van der Waals surface area (Å²) in [5.41, 5.74) is 1.72. The number of rotatable bonds is 7. The first-order valence-electron chi connectivity index (χ1n) is 12.7. The molecule has 0 spiro atoms. The van der Waals surface area contributed by atoms with Crippen molar-refractivity contribution in [2.45, 2.75) is 36.2 Å². The molecule has 39 heavy (non-hydrogen) atoms. The molecule has 1 atom stereocenters. The molecular formula is C28H30ClN3O4S3. The average Bonchev–Trinajstić information content (AvgIpc) is 3.59. The SMILES string of the molecule is CN=c1sc(C2CCN(C(=O)CCS(=O)(=O)c3ccc4cc(Cl)ccc4c3)CC2)c(C(O)c2ccsc2)n1C. The molecule has 1 aliphatic rings. The number of nitrogens with zero attached hydrogens (tertiary/aromatic N) is 3. The summed E-state index contributed by atoms with van der Waals surface area (Å²) >= 11 is 9.17. The molecule has 1 saturated heterocycles. The van der Waals surface area contributed by atoms with Gasteiger partial charge in [-0.15, -0.1) is 11.3 Å². The van der Waals surface area contributed by atoms with Crippen molar-refractivity contribution in [2.24, 2.45) is 12.0 Å². The zero-order valence-electron chi connectivity index (χ0n) is 21.7. The maximum atomic E-state index is 13.0. The third-order valence-electron chi connectivity index (χ3n) is 7.35. The van der Waals surface area contributed by atoms with Crippen LogP contribution in [0.1, 0.15) is 47.4 Å². The first-order valence-corrected chi connectivity index (χ1v) is 16.5. The number of benzene rings is 2. The van der Waals surface area contributed by atoms with Crippen molar-refractivity contribution < 1.29 is 18.3 Å². The molecule has 1 fully saturated rings. The van der Waals surface area contributed by atoms with Crippen LogP contribution >= 0.6 is 34.3 Å². The van der Waals surface area contributed by atoms with Gasteiger partial charge in [-0.05, 0) is 76.2 Å². The lowest BCUT2D eigenvalue weighted by Crippen LogP contribution is -2.38. The standard InChI is InChI=1S/C28H30ClN3O4S3/c1-30-28-31(2)25(26(34)21-9-13-37-17-21)27(38-28)18-7-11-32(12-8-18)24(33)10-14-39(35,36)23-6-4-19-15-22(29)5-3-20(19)16-23/h3-6,9,13,15-18,26,34H,7-8,10-12,14H2,1-2H3. The number of thiazole rings is 1. The van der Waals surface area contributed by atoms with Crippen molar-refractivity contribution >= 4 is 60.8 Å². The number of likely N-dealkylation sites (tertiary alicyclic amines) is 1. The van der Waals surface area contributed by atoms with Gasteiger partial charge >= 0.3 is 0 Å². The van der Waals surface area contributed by atoms with Crippen LogP contribution in [-0.4, -0.2) is 54.8 Å². The molecule has 4 aromatic rings. The lowest BCUT2D eigenvalue weighted by atomic mass is 9.92. The van der Waals surface area contributed by atoms with Crippen LogP contribution in [0, 0.1) is 0 Å². The van der Waals surface area contributed by atoms with E-state index in [1.807, 2.05) is 28.4 Å². The minimum atomic E-state index is -3.61. The van der Waals surface area contributed by atoms with Gasteiger partial charge in [-0.3, -0.25) is 9.79 Å². The van der Waals surface area contributed by atoms with Crippen LogP contribution in [0.2, 0.25) is 5.02 Å². The minimum absolute atomic E-state index is 0.0550. The zero-order chi connectivity index (χ0) is 27.7. The van der Waals surface area contributed by atoms with Gasteiger partial charge in [0.2, 0.25) is 5.91 Å². The molecule has 1 unspecified atom stereocenters. The van der Waals surface area contributed by atoms with E-state index in [9.17, 15) is 18.3 Å². The number of hydrogen-bond acceptors (Lipinski definition) is 7.